The number of hydrogen-bond donors (Lipinski definition) is 1. The summed E-state index contributed by atoms with van der Waals surface area (Å²) in [6.45, 7) is 0.716. The van der Waals surface area contributed by atoms with Crippen molar-refractivity contribution in [3.05, 3.63) is 64.2 Å². The molecule has 2 aromatic rings. The van der Waals surface area contributed by atoms with Gasteiger partial charge >= 0.3 is 5.69 Å². The number of nitro benzene ring substituents is 1. The number of rotatable bonds is 5. The van der Waals surface area contributed by atoms with Gasteiger partial charge in [0.1, 0.15) is 5.75 Å². The first-order chi connectivity index (χ1) is 9.20. The third kappa shape index (κ3) is 3.29. The van der Waals surface area contributed by atoms with Crippen molar-refractivity contribution in [2.45, 2.75) is 6.54 Å². The molecule has 0 aliphatic carbocycles. The Morgan fingerprint density at radius 2 is 2.00 bits per heavy atom. The third-order valence-electron chi connectivity index (χ3n) is 2.57. The Labute approximate surface area is 111 Å². The van der Waals surface area contributed by atoms with Crippen LogP contribution >= 0.6 is 0 Å². The summed E-state index contributed by atoms with van der Waals surface area (Å²) < 4.78 is 5.59. The monoisotopic (exact) mass is 258 g/mol. The third-order valence-corrected chi connectivity index (χ3v) is 2.57. The first kappa shape index (κ1) is 13.0. The summed E-state index contributed by atoms with van der Waals surface area (Å²) in [6.07, 6.45) is 0. The van der Waals surface area contributed by atoms with Gasteiger partial charge in [0.25, 0.3) is 0 Å². The molecule has 0 aliphatic rings. The van der Waals surface area contributed by atoms with Gasteiger partial charge in [-0.15, -0.1) is 0 Å². The van der Waals surface area contributed by atoms with Gasteiger partial charge in [-0.3, -0.25) is 10.1 Å². The molecule has 0 bridgehead atoms. The lowest BCUT2D eigenvalue weighted by Gasteiger charge is -2.07. The molecule has 0 saturated carbocycles. The number of nitro groups is 1. The molecule has 0 amide bonds. The number of ether oxygens (including phenoxy) is 1. The van der Waals surface area contributed by atoms with Crippen LogP contribution in [0.15, 0.2) is 48.5 Å². The molecule has 98 valence electrons. The van der Waals surface area contributed by atoms with Gasteiger partial charge in [-0.1, -0.05) is 24.3 Å². The van der Waals surface area contributed by atoms with Crippen LogP contribution in [0.4, 0.5) is 5.69 Å². The normalized spacial score (nSPS) is 10.2. The Balaban J connectivity index is 2.26. The zero-order chi connectivity index (χ0) is 13.7. The minimum atomic E-state index is -0.452. The van der Waals surface area contributed by atoms with Gasteiger partial charge in [-0.05, 0) is 30.8 Å². The molecule has 5 nitrogen and oxygen atoms in total. The van der Waals surface area contributed by atoms with Crippen molar-refractivity contribution < 1.29 is 9.66 Å². The van der Waals surface area contributed by atoms with E-state index in [2.05, 4.69) is 5.32 Å². The van der Waals surface area contributed by atoms with Crippen LogP contribution in [0.5, 0.6) is 11.5 Å². The molecule has 5 heteroatoms. The Bertz CT molecular complexity index is 584. The fourth-order valence-electron chi connectivity index (χ4n) is 1.74. The van der Waals surface area contributed by atoms with Gasteiger partial charge in [-0.2, -0.15) is 0 Å². The minimum absolute atomic E-state index is 0.0403. The molecule has 0 aromatic heterocycles. The van der Waals surface area contributed by atoms with Crippen LogP contribution in [-0.2, 0) is 6.54 Å². The molecule has 0 unspecified atom stereocenters. The van der Waals surface area contributed by atoms with Crippen LogP contribution < -0.4 is 10.1 Å². The minimum Gasteiger partial charge on any atom is -0.450 e. The van der Waals surface area contributed by atoms with Crippen molar-refractivity contribution in [1.29, 1.82) is 0 Å². The summed E-state index contributed by atoms with van der Waals surface area (Å²) in [5.41, 5.74) is 1.01. The van der Waals surface area contributed by atoms with E-state index in [9.17, 15) is 10.1 Å². The topological polar surface area (TPSA) is 64.4 Å². The highest BCUT2D eigenvalue weighted by Gasteiger charge is 2.14. The molecule has 19 heavy (non-hydrogen) atoms. The number of hydrogen-bond acceptors (Lipinski definition) is 4. The van der Waals surface area contributed by atoms with E-state index in [1.54, 1.807) is 24.3 Å². The average molecular weight is 258 g/mol. The van der Waals surface area contributed by atoms with Gasteiger partial charge in [0.15, 0.2) is 0 Å². The summed E-state index contributed by atoms with van der Waals surface area (Å²) >= 11 is 0. The molecule has 0 fully saturated rings. The van der Waals surface area contributed by atoms with E-state index in [-0.39, 0.29) is 11.4 Å². The molecule has 2 aromatic carbocycles. The van der Waals surface area contributed by atoms with Gasteiger partial charge in [0.2, 0.25) is 5.75 Å². The quantitative estimate of drug-likeness (QED) is 0.661. The highest BCUT2D eigenvalue weighted by Crippen LogP contribution is 2.30. The van der Waals surface area contributed by atoms with Crippen LogP contribution in [-0.4, -0.2) is 12.0 Å². The lowest BCUT2D eigenvalue weighted by Crippen LogP contribution is -2.04. The van der Waals surface area contributed by atoms with Crippen LogP contribution in [0, 0.1) is 10.1 Å². The van der Waals surface area contributed by atoms with Crippen molar-refractivity contribution in [3.8, 4) is 11.5 Å². The molecule has 2 rings (SSSR count). The highest BCUT2D eigenvalue weighted by atomic mass is 16.6. The fourth-order valence-corrected chi connectivity index (χ4v) is 1.74. The predicted octanol–water partition coefficient (Wildman–Crippen LogP) is 3.11. The second kappa shape index (κ2) is 5.97. The molecule has 0 radical (unpaired) electrons. The first-order valence-corrected chi connectivity index (χ1v) is 5.85. The van der Waals surface area contributed by atoms with E-state index in [4.69, 9.17) is 4.74 Å². The molecule has 0 atom stereocenters. The van der Waals surface area contributed by atoms with Gasteiger partial charge in [0.05, 0.1) is 4.92 Å². The van der Waals surface area contributed by atoms with Gasteiger partial charge in [-0.25, -0.2) is 0 Å². The maximum absolute atomic E-state index is 10.9. The van der Waals surface area contributed by atoms with E-state index in [1.807, 2.05) is 25.2 Å². The van der Waals surface area contributed by atoms with Crippen LogP contribution in [0.25, 0.3) is 0 Å². The molecule has 0 aliphatic heterocycles. The second-order valence-electron chi connectivity index (χ2n) is 4.00. The van der Waals surface area contributed by atoms with Crippen molar-refractivity contribution in [2.75, 3.05) is 7.05 Å². The summed E-state index contributed by atoms with van der Waals surface area (Å²) in [4.78, 5) is 10.4. The van der Waals surface area contributed by atoms with Gasteiger partial charge < -0.3 is 10.1 Å². The summed E-state index contributed by atoms with van der Waals surface area (Å²) in [5.74, 6) is 0.830. The lowest BCUT2D eigenvalue weighted by molar-refractivity contribution is -0.385. The molecule has 0 saturated heterocycles. The maximum Gasteiger partial charge on any atom is 0.311 e. The van der Waals surface area contributed by atoms with E-state index < -0.39 is 4.92 Å². The van der Waals surface area contributed by atoms with Crippen molar-refractivity contribution in [3.63, 3.8) is 0 Å². The Morgan fingerprint density at radius 3 is 2.74 bits per heavy atom. The summed E-state index contributed by atoms with van der Waals surface area (Å²) in [6, 6.07) is 13.8. The number of para-hydroxylation sites is 2. The lowest BCUT2D eigenvalue weighted by atomic mass is 10.2. The van der Waals surface area contributed by atoms with Crippen molar-refractivity contribution in [1.82, 2.24) is 5.32 Å². The highest BCUT2D eigenvalue weighted by molar-refractivity contribution is 5.48. The molecular weight excluding hydrogens is 244 g/mol. The Morgan fingerprint density at radius 1 is 1.21 bits per heavy atom. The van der Waals surface area contributed by atoms with Crippen LogP contribution in [0.1, 0.15) is 5.56 Å². The smallest absolute Gasteiger partial charge is 0.311 e. The zero-order valence-corrected chi connectivity index (χ0v) is 10.5. The molecule has 0 spiro atoms. The maximum atomic E-state index is 10.9. The van der Waals surface area contributed by atoms with E-state index in [0.717, 1.165) is 5.56 Å². The van der Waals surface area contributed by atoms with Crippen molar-refractivity contribution >= 4 is 5.69 Å². The number of nitrogens with zero attached hydrogens (tertiary/aromatic N) is 1. The Kier molecular flexibility index (Phi) is 4.10. The second-order valence-corrected chi connectivity index (χ2v) is 4.00. The zero-order valence-electron chi connectivity index (χ0n) is 10.5. The van der Waals surface area contributed by atoms with Crippen LogP contribution in [0.2, 0.25) is 0 Å². The fraction of sp³-hybridized carbons (Fsp3) is 0.143. The predicted molar refractivity (Wildman–Crippen MR) is 72.4 cm³/mol. The first-order valence-electron chi connectivity index (χ1n) is 5.85. The van der Waals surface area contributed by atoms with E-state index >= 15 is 0 Å². The summed E-state index contributed by atoms with van der Waals surface area (Å²) in [7, 11) is 1.86. The van der Waals surface area contributed by atoms with E-state index in [0.29, 0.717) is 12.3 Å². The van der Waals surface area contributed by atoms with E-state index in [1.165, 1.54) is 6.07 Å². The van der Waals surface area contributed by atoms with Gasteiger partial charge in [0, 0.05) is 12.6 Å². The molecule has 1 N–H and O–H groups in total. The van der Waals surface area contributed by atoms with Crippen LogP contribution in [0.3, 0.4) is 0 Å². The number of nitrogens with one attached hydrogen (secondary N) is 1. The molecule has 0 heterocycles. The SMILES string of the molecule is CNCc1cccc(Oc2ccccc2[N+](=O)[O-])c1. The number of benzene rings is 2. The summed E-state index contributed by atoms with van der Waals surface area (Å²) in [5, 5.41) is 13.9. The average Bonchev–Trinajstić information content (AvgIpc) is 2.40. The standard InChI is InChI=1S/C14H14N2O3/c1-15-10-11-5-4-6-12(9-11)19-14-8-3-2-7-13(14)16(17)18/h2-9,15H,10H2,1H3. The Hall–Kier alpha value is -2.40. The van der Waals surface area contributed by atoms with Crippen molar-refractivity contribution in [2.24, 2.45) is 0 Å². The largest absolute Gasteiger partial charge is 0.450 e. The molecular formula is C14H14N2O3.